The van der Waals surface area contributed by atoms with Crippen molar-refractivity contribution in [3.8, 4) is 0 Å². The zero-order chi connectivity index (χ0) is 12.7. The van der Waals surface area contributed by atoms with E-state index >= 15 is 0 Å². The maximum absolute atomic E-state index is 11.7. The molecular weight excluding hydrogens is 220 g/mol. The van der Waals surface area contributed by atoms with Crippen LogP contribution < -0.4 is 0 Å². The first kappa shape index (κ1) is 13.1. The van der Waals surface area contributed by atoms with Crippen LogP contribution in [0.1, 0.15) is 40.5 Å². The Morgan fingerprint density at radius 2 is 1.82 bits per heavy atom. The van der Waals surface area contributed by atoms with E-state index in [1.54, 1.807) is 31.2 Å². The molecule has 0 saturated heterocycles. The van der Waals surface area contributed by atoms with Crippen LogP contribution in [-0.2, 0) is 9.53 Å². The lowest BCUT2D eigenvalue weighted by molar-refractivity contribution is -0.143. The minimum absolute atomic E-state index is 0.0854. The van der Waals surface area contributed by atoms with Crippen LogP contribution >= 0.6 is 0 Å². The summed E-state index contributed by atoms with van der Waals surface area (Å²) in [7, 11) is 0. The van der Waals surface area contributed by atoms with Crippen LogP contribution in [0.4, 0.5) is 0 Å². The summed E-state index contributed by atoms with van der Waals surface area (Å²) in [6, 6.07) is 6.31. The van der Waals surface area contributed by atoms with Crippen molar-refractivity contribution in [2.75, 3.05) is 6.61 Å². The van der Waals surface area contributed by atoms with Crippen LogP contribution in [0.15, 0.2) is 24.3 Å². The van der Waals surface area contributed by atoms with E-state index in [9.17, 15) is 14.4 Å². The van der Waals surface area contributed by atoms with Crippen molar-refractivity contribution in [3.05, 3.63) is 35.4 Å². The van der Waals surface area contributed by atoms with Gasteiger partial charge in [0.15, 0.2) is 5.78 Å². The predicted molar refractivity (Wildman–Crippen MR) is 62.0 cm³/mol. The molecule has 0 N–H and O–H groups in total. The highest BCUT2D eigenvalue weighted by Crippen LogP contribution is 2.07. The standard InChI is InChI=1S/C13H14O4/c1-2-17-13(16)8-7-12(15)11-5-3-10(9-14)4-6-11/h3-6,9H,2,7-8H2,1H3. The van der Waals surface area contributed by atoms with Gasteiger partial charge in [0, 0.05) is 17.5 Å². The molecule has 90 valence electrons. The van der Waals surface area contributed by atoms with E-state index in [0.717, 1.165) is 0 Å². The summed E-state index contributed by atoms with van der Waals surface area (Å²) in [5.74, 6) is -0.499. The summed E-state index contributed by atoms with van der Waals surface area (Å²) in [5.41, 5.74) is 1.02. The van der Waals surface area contributed by atoms with Gasteiger partial charge in [-0.05, 0) is 6.92 Å². The van der Waals surface area contributed by atoms with Gasteiger partial charge in [-0.15, -0.1) is 0 Å². The molecule has 0 atom stereocenters. The molecule has 0 radical (unpaired) electrons. The van der Waals surface area contributed by atoms with Gasteiger partial charge in [-0.2, -0.15) is 0 Å². The van der Waals surface area contributed by atoms with Crippen molar-refractivity contribution < 1.29 is 19.1 Å². The number of carbonyl (C=O) groups excluding carboxylic acids is 3. The molecule has 4 nitrogen and oxygen atoms in total. The molecule has 0 fully saturated rings. The summed E-state index contributed by atoms with van der Waals surface area (Å²) < 4.78 is 4.73. The van der Waals surface area contributed by atoms with Crippen molar-refractivity contribution >= 4 is 18.0 Å². The van der Waals surface area contributed by atoms with E-state index in [2.05, 4.69) is 0 Å². The summed E-state index contributed by atoms with van der Waals surface area (Å²) in [6.45, 7) is 2.04. The molecule has 4 heteroatoms. The zero-order valence-corrected chi connectivity index (χ0v) is 9.64. The second kappa shape index (κ2) is 6.58. The van der Waals surface area contributed by atoms with Crippen molar-refractivity contribution in [2.24, 2.45) is 0 Å². The van der Waals surface area contributed by atoms with Crippen LogP contribution in [0.5, 0.6) is 0 Å². The molecule has 0 aliphatic heterocycles. The third-order valence-corrected chi connectivity index (χ3v) is 2.23. The van der Waals surface area contributed by atoms with Gasteiger partial charge in [0.2, 0.25) is 0 Å². The van der Waals surface area contributed by atoms with E-state index in [1.165, 1.54) is 0 Å². The van der Waals surface area contributed by atoms with E-state index in [1.807, 2.05) is 0 Å². The Kier molecular flexibility index (Phi) is 5.07. The minimum Gasteiger partial charge on any atom is -0.466 e. The number of ether oxygens (including phenoxy) is 1. The summed E-state index contributed by atoms with van der Waals surface area (Å²) >= 11 is 0. The largest absolute Gasteiger partial charge is 0.466 e. The van der Waals surface area contributed by atoms with Crippen LogP contribution in [0.2, 0.25) is 0 Å². The first-order valence-electron chi connectivity index (χ1n) is 5.41. The van der Waals surface area contributed by atoms with E-state index in [4.69, 9.17) is 4.74 Å². The molecule has 1 aromatic rings. The molecule has 0 spiro atoms. The topological polar surface area (TPSA) is 60.4 Å². The molecule has 1 aromatic carbocycles. The number of rotatable bonds is 6. The normalized spacial score (nSPS) is 9.71. The van der Waals surface area contributed by atoms with Crippen molar-refractivity contribution in [2.45, 2.75) is 19.8 Å². The van der Waals surface area contributed by atoms with Gasteiger partial charge >= 0.3 is 5.97 Å². The Bertz CT molecular complexity index is 406. The maximum atomic E-state index is 11.7. The van der Waals surface area contributed by atoms with Gasteiger partial charge in [0.05, 0.1) is 13.0 Å². The number of aldehydes is 1. The fraction of sp³-hybridized carbons (Fsp3) is 0.308. The van der Waals surface area contributed by atoms with Crippen LogP contribution in [0, 0.1) is 0 Å². The Morgan fingerprint density at radius 3 is 2.35 bits per heavy atom. The lowest BCUT2D eigenvalue weighted by Gasteiger charge is -2.02. The molecule has 0 unspecified atom stereocenters. The smallest absolute Gasteiger partial charge is 0.306 e. The highest BCUT2D eigenvalue weighted by Gasteiger charge is 2.09. The molecule has 1 rings (SSSR count). The summed E-state index contributed by atoms with van der Waals surface area (Å²) in [5, 5.41) is 0. The van der Waals surface area contributed by atoms with Gasteiger partial charge in [-0.25, -0.2) is 0 Å². The SMILES string of the molecule is CCOC(=O)CCC(=O)c1ccc(C=O)cc1. The molecule has 0 amide bonds. The maximum Gasteiger partial charge on any atom is 0.306 e. The lowest BCUT2D eigenvalue weighted by Crippen LogP contribution is -2.07. The second-order valence-electron chi connectivity index (χ2n) is 3.47. The summed E-state index contributed by atoms with van der Waals surface area (Å²) in [6.07, 6.45) is 0.925. The Morgan fingerprint density at radius 1 is 1.18 bits per heavy atom. The first-order valence-corrected chi connectivity index (χ1v) is 5.41. The Labute approximate surface area is 99.6 Å². The fourth-order valence-electron chi connectivity index (χ4n) is 1.34. The third kappa shape index (κ3) is 4.18. The van der Waals surface area contributed by atoms with Crippen molar-refractivity contribution in [1.82, 2.24) is 0 Å². The number of benzene rings is 1. The molecule has 0 bridgehead atoms. The van der Waals surface area contributed by atoms with E-state index in [0.29, 0.717) is 24.0 Å². The summed E-state index contributed by atoms with van der Waals surface area (Å²) in [4.78, 5) is 33.1. The number of carbonyl (C=O) groups is 3. The average molecular weight is 234 g/mol. The minimum atomic E-state index is -0.370. The van der Waals surface area contributed by atoms with Gasteiger partial charge in [-0.3, -0.25) is 14.4 Å². The van der Waals surface area contributed by atoms with Gasteiger partial charge in [0.1, 0.15) is 6.29 Å². The Balaban J connectivity index is 2.52. The number of hydrogen-bond donors (Lipinski definition) is 0. The predicted octanol–water partition coefficient (Wildman–Crippen LogP) is 2.03. The first-order chi connectivity index (χ1) is 8.17. The van der Waals surface area contributed by atoms with Crippen molar-refractivity contribution in [1.29, 1.82) is 0 Å². The Hall–Kier alpha value is -1.97. The van der Waals surface area contributed by atoms with E-state index in [-0.39, 0.29) is 24.6 Å². The van der Waals surface area contributed by atoms with Gasteiger partial charge in [-0.1, -0.05) is 24.3 Å². The molecule has 0 heterocycles. The molecule has 0 saturated carbocycles. The van der Waals surface area contributed by atoms with Gasteiger partial charge < -0.3 is 4.74 Å². The highest BCUT2D eigenvalue weighted by atomic mass is 16.5. The van der Waals surface area contributed by atoms with E-state index < -0.39 is 0 Å². The van der Waals surface area contributed by atoms with Crippen LogP contribution in [0.3, 0.4) is 0 Å². The molecule has 0 aromatic heterocycles. The fourth-order valence-corrected chi connectivity index (χ4v) is 1.34. The quantitative estimate of drug-likeness (QED) is 0.429. The molecule has 17 heavy (non-hydrogen) atoms. The molecular formula is C13H14O4. The zero-order valence-electron chi connectivity index (χ0n) is 9.64. The third-order valence-electron chi connectivity index (χ3n) is 2.23. The number of esters is 1. The van der Waals surface area contributed by atoms with Crippen LogP contribution in [0.25, 0.3) is 0 Å². The van der Waals surface area contributed by atoms with Crippen molar-refractivity contribution in [3.63, 3.8) is 0 Å². The molecule has 0 aliphatic carbocycles. The average Bonchev–Trinajstić information content (AvgIpc) is 2.36. The number of Topliss-reactive ketones (excluding diaryl/α,β-unsaturated/α-hetero) is 1. The lowest BCUT2D eigenvalue weighted by atomic mass is 10.1. The van der Waals surface area contributed by atoms with Gasteiger partial charge in [0.25, 0.3) is 0 Å². The second-order valence-corrected chi connectivity index (χ2v) is 3.47. The van der Waals surface area contributed by atoms with Crippen LogP contribution in [-0.4, -0.2) is 24.6 Å². The number of ketones is 1. The number of hydrogen-bond acceptors (Lipinski definition) is 4. The highest BCUT2D eigenvalue weighted by molar-refractivity contribution is 5.98. The molecule has 0 aliphatic rings. The monoisotopic (exact) mass is 234 g/mol.